The molecule has 7 heteroatoms. The molecule has 0 aliphatic carbocycles. The molecule has 28 heavy (non-hydrogen) atoms. The van der Waals surface area contributed by atoms with E-state index in [0.29, 0.717) is 17.5 Å². The lowest BCUT2D eigenvalue weighted by molar-refractivity contribution is 0.255. The van der Waals surface area contributed by atoms with Gasteiger partial charge in [0.1, 0.15) is 17.3 Å². The monoisotopic (exact) mass is 383 g/mol. The first kappa shape index (κ1) is 18.4. The Morgan fingerprint density at radius 1 is 1.07 bits per heavy atom. The summed E-state index contributed by atoms with van der Waals surface area (Å²) in [7, 11) is 1.67. The van der Waals surface area contributed by atoms with Gasteiger partial charge in [-0.15, -0.1) is 10.2 Å². The lowest BCUT2D eigenvalue weighted by atomic mass is 10.1. The summed E-state index contributed by atoms with van der Waals surface area (Å²) >= 11 is 0. The Morgan fingerprint density at radius 3 is 2.57 bits per heavy atom. The number of halogens is 1. The van der Waals surface area contributed by atoms with Crippen molar-refractivity contribution in [2.24, 2.45) is 0 Å². The Hall–Kier alpha value is -2.93. The number of methoxy groups -OCH3 is 1. The van der Waals surface area contributed by atoms with Crippen LogP contribution in [0.25, 0.3) is 0 Å². The summed E-state index contributed by atoms with van der Waals surface area (Å²) in [4.78, 5) is 2.38. The first-order valence-corrected chi connectivity index (χ1v) is 9.25. The Morgan fingerprint density at radius 2 is 1.82 bits per heavy atom. The highest BCUT2D eigenvalue weighted by Crippen LogP contribution is 2.28. The molecule has 0 bridgehead atoms. The van der Waals surface area contributed by atoms with Crippen molar-refractivity contribution >= 4 is 0 Å². The van der Waals surface area contributed by atoms with Crippen molar-refractivity contribution in [2.75, 3.05) is 20.2 Å². The van der Waals surface area contributed by atoms with Crippen molar-refractivity contribution in [3.05, 3.63) is 71.7 Å². The highest BCUT2D eigenvalue weighted by atomic mass is 19.1. The molecule has 6 nitrogen and oxygen atoms in total. The van der Waals surface area contributed by atoms with E-state index in [-0.39, 0.29) is 18.3 Å². The van der Waals surface area contributed by atoms with Crippen LogP contribution in [0.3, 0.4) is 0 Å². The van der Waals surface area contributed by atoms with Gasteiger partial charge in [-0.3, -0.25) is 4.90 Å². The zero-order valence-electron chi connectivity index (χ0n) is 15.7. The fraction of sp³-hybridized carbons (Fsp3) is 0.333. The summed E-state index contributed by atoms with van der Waals surface area (Å²) < 4.78 is 29.5. The average Bonchev–Trinajstić information content (AvgIpc) is 3.38. The fourth-order valence-corrected chi connectivity index (χ4v) is 3.33. The van der Waals surface area contributed by atoms with Crippen molar-refractivity contribution in [2.45, 2.75) is 25.5 Å². The van der Waals surface area contributed by atoms with E-state index in [2.05, 4.69) is 27.2 Å². The van der Waals surface area contributed by atoms with Gasteiger partial charge < -0.3 is 13.9 Å². The van der Waals surface area contributed by atoms with E-state index in [4.69, 9.17) is 13.9 Å². The summed E-state index contributed by atoms with van der Waals surface area (Å²) in [5, 5.41) is 8.26. The zero-order chi connectivity index (χ0) is 19.3. The lowest BCUT2D eigenvalue weighted by Crippen LogP contribution is -2.19. The van der Waals surface area contributed by atoms with Gasteiger partial charge in [0.05, 0.1) is 13.0 Å². The maximum atomic E-state index is 12.9. The molecule has 1 aliphatic heterocycles. The summed E-state index contributed by atoms with van der Waals surface area (Å²) in [5.41, 5.74) is 1.25. The van der Waals surface area contributed by atoms with Gasteiger partial charge in [0.15, 0.2) is 6.61 Å². The highest BCUT2D eigenvalue weighted by Gasteiger charge is 2.28. The minimum absolute atomic E-state index is 0.168. The van der Waals surface area contributed by atoms with Gasteiger partial charge in [0, 0.05) is 13.1 Å². The van der Waals surface area contributed by atoms with Crippen molar-refractivity contribution < 1.29 is 18.3 Å². The molecule has 3 aromatic rings. The SMILES string of the molecule is COc1ccc(CN2CC[C@H](c3nnc(COc4ccc(F)cc4)o3)C2)cc1. The van der Waals surface area contributed by atoms with Crippen LogP contribution in [0.15, 0.2) is 52.9 Å². The molecule has 1 atom stereocenters. The molecule has 0 amide bonds. The molecule has 1 saturated heterocycles. The number of likely N-dealkylation sites (tertiary alicyclic amines) is 1. The highest BCUT2D eigenvalue weighted by molar-refractivity contribution is 5.27. The van der Waals surface area contributed by atoms with E-state index < -0.39 is 0 Å². The molecule has 2 aromatic carbocycles. The summed E-state index contributed by atoms with van der Waals surface area (Å²) in [6.45, 7) is 2.92. The minimum atomic E-state index is -0.298. The average molecular weight is 383 g/mol. The van der Waals surface area contributed by atoms with E-state index >= 15 is 0 Å². The predicted molar refractivity (Wildman–Crippen MR) is 101 cm³/mol. The van der Waals surface area contributed by atoms with Crippen LogP contribution in [0.4, 0.5) is 4.39 Å². The van der Waals surface area contributed by atoms with Crippen molar-refractivity contribution in [3.63, 3.8) is 0 Å². The first-order chi connectivity index (χ1) is 13.7. The van der Waals surface area contributed by atoms with E-state index in [0.717, 1.165) is 31.8 Å². The Labute approximate surface area is 162 Å². The molecule has 0 N–H and O–H groups in total. The van der Waals surface area contributed by atoms with Gasteiger partial charge in [0.25, 0.3) is 5.89 Å². The minimum Gasteiger partial charge on any atom is -0.497 e. The zero-order valence-corrected chi connectivity index (χ0v) is 15.7. The quantitative estimate of drug-likeness (QED) is 0.619. The molecule has 0 unspecified atom stereocenters. The molecule has 1 aromatic heterocycles. The summed E-state index contributed by atoms with van der Waals surface area (Å²) in [5.74, 6) is 2.43. The molecule has 4 rings (SSSR count). The molecule has 146 valence electrons. The maximum absolute atomic E-state index is 12.9. The largest absolute Gasteiger partial charge is 0.497 e. The third-order valence-electron chi connectivity index (χ3n) is 4.85. The van der Waals surface area contributed by atoms with Gasteiger partial charge in [0.2, 0.25) is 5.89 Å². The van der Waals surface area contributed by atoms with Crippen LogP contribution < -0.4 is 9.47 Å². The Bertz CT molecular complexity index is 896. The molecule has 2 heterocycles. The Kier molecular flexibility index (Phi) is 5.53. The van der Waals surface area contributed by atoms with Crippen molar-refractivity contribution in [1.82, 2.24) is 15.1 Å². The number of hydrogen-bond donors (Lipinski definition) is 0. The second-order valence-corrected chi connectivity index (χ2v) is 6.85. The standard InChI is InChI=1S/C21H22FN3O3/c1-26-18-6-2-15(3-7-18)12-25-11-10-16(13-25)21-24-23-20(28-21)14-27-19-8-4-17(22)5-9-19/h2-9,16H,10-14H2,1H3/t16-/m0/s1. The van der Waals surface area contributed by atoms with Crippen LogP contribution in [0.5, 0.6) is 11.5 Å². The van der Waals surface area contributed by atoms with Crippen LogP contribution >= 0.6 is 0 Å². The maximum Gasteiger partial charge on any atom is 0.253 e. The third-order valence-corrected chi connectivity index (χ3v) is 4.85. The number of rotatable bonds is 7. The number of nitrogens with zero attached hydrogens (tertiary/aromatic N) is 3. The molecular formula is C21H22FN3O3. The molecule has 1 aliphatic rings. The van der Waals surface area contributed by atoms with Gasteiger partial charge in [-0.2, -0.15) is 0 Å². The second-order valence-electron chi connectivity index (χ2n) is 6.85. The number of ether oxygens (including phenoxy) is 2. The number of hydrogen-bond acceptors (Lipinski definition) is 6. The smallest absolute Gasteiger partial charge is 0.253 e. The van der Waals surface area contributed by atoms with E-state index in [1.807, 2.05) is 12.1 Å². The summed E-state index contributed by atoms with van der Waals surface area (Å²) in [6.07, 6.45) is 0.983. The van der Waals surface area contributed by atoms with Gasteiger partial charge in [-0.05, 0) is 54.9 Å². The van der Waals surface area contributed by atoms with Crippen LogP contribution in [0.1, 0.15) is 29.7 Å². The first-order valence-electron chi connectivity index (χ1n) is 9.25. The van der Waals surface area contributed by atoms with Gasteiger partial charge >= 0.3 is 0 Å². The molecule has 0 saturated carbocycles. The van der Waals surface area contributed by atoms with Gasteiger partial charge in [-0.25, -0.2) is 4.39 Å². The topological polar surface area (TPSA) is 60.6 Å². The molecule has 0 spiro atoms. The number of aromatic nitrogens is 2. The van der Waals surface area contributed by atoms with E-state index in [1.165, 1.54) is 17.7 Å². The molecule has 1 fully saturated rings. The van der Waals surface area contributed by atoms with Crippen molar-refractivity contribution in [1.29, 1.82) is 0 Å². The van der Waals surface area contributed by atoms with E-state index in [1.54, 1.807) is 19.2 Å². The van der Waals surface area contributed by atoms with Gasteiger partial charge in [-0.1, -0.05) is 12.1 Å². The second kappa shape index (κ2) is 8.39. The van der Waals surface area contributed by atoms with E-state index in [9.17, 15) is 4.39 Å². The molecular weight excluding hydrogens is 361 g/mol. The Balaban J connectivity index is 1.29. The van der Waals surface area contributed by atoms with Crippen molar-refractivity contribution in [3.8, 4) is 11.5 Å². The summed E-state index contributed by atoms with van der Waals surface area (Å²) in [6, 6.07) is 14.0. The van der Waals surface area contributed by atoms with Crippen LogP contribution in [0.2, 0.25) is 0 Å². The third kappa shape index (κ3) is 4.48. The van der Waals surface area contributed by atoms with Crippen LogP contribution in [-0.4, -0.2) is 35.3 Å². The predicted octanol–water partition coefficient (Wildman–Crippen LogP) is 3.79. The number of benzene rings is 2. The fourth-order valence-electron chi connectivity index (χ4n) is 3.33. The van der Waals surface area contributed by atoms with Crippen LogP contribution in [-0.2, 0) is 13.2 Å². The van der Waals surface area contributed by atoms with Crippen LogP contribution in [0, 0.1) is 5.82 Å². The lowest BCUT2D eigenvalue weighted by Gasteiger charge is -2.15. The molecule has 0 radical (unpaired) electrons. The normalized spacial score (nSPS) is 17.0.